The number of carbonyl (C=O) groups is 1. The molecule has 5 nitrogen and oxygen atoms in total. The Morgan fingerprint density at radius 3 is 2.82 bits per heavy atom. The van der Waals surface area contributed by atoms with Crippen molar-refractivity contribution in [3.63, 3.8) is 0 Å². The van der Waals surface area contributed by atoms with E-state index in [0.29, 0.717) is 13.1 Å². The number of aromatic nitrogens is 1. The summed E-state index contributed by atoms with van der Waals surface area (Å²) in [5.74, 6) is 0. The molecule has 2 amide bonds. The van der Waals surface area contributed by atoms with Gasteiger partial charge < -0.3 is 20.3 Å². The molecule has 0 bridgehead atoms. The maximum absolute atomic E-state index is 12.0. The molecule has 0 saturated heterocycles. The molecule has 2 rings (SSSR count). The quantitative estimate of drug-likeness (QED) is 0.794. The fourth-order valence-corrected chi connectivity index (χ4v) is 2.66. The number of rotatable bonds is 5. The average Bonchev–Trinajstić information content (AvgIpc) is 2.81. The van der Waals surface area contributed by atoms with Gasteiger partial charge in [0, 0.05) is 30.7 Å². The van der Waals surface area contributed by atoms with Crippen molar-refractivity contribution in [2.75, 3.05) is 20.1 Å². The van der Waals surface area contributed by atoms with Crippen LogP contribution < -0.4 is 5.32 Å². The monoisotopic (exact) mass is 303 g/mol. The predicted octanol–water partition coefficient (Wildman–Crippen LogP) is 2.43. The van der Waals surface area contributed by atoms with Gasteiger partial charge in [0.05, 0.1) is 12.1 Å². The average molecular weight is 303 g/mol. The molecule has 0 aliphatic rings. The van der Waals surface area contributed by atoms with Crippen molar-refractivity contribution in [1.29, 1.82) is 0 Å². The molecule has 0 fully saturated rings. The van der Waals surface area contributed by atoms with Gasteiger partial charge in [-0.25, -0.2) is 4.79 Å². The summed E-state index contributed by atoms with van der Waals surface area (Å²) in [6, 6.07) is 6.05. The SMILES string of the molecule is Cc1cccc2c(CCNC(=O)N(C)CC(C)(C)O)c[nH]c12. The maximum Gasteiger partial charge on any atom is 0.317 e. The molecule has 0 radical (unpaired) electrons. The lowest BCUT2D eigenvalue weighted by atomic mass is 10.1. The first-order valence-corrected chi connectivity index (χ1v) is 7.55. The molecule has 120 valence electrons. The molecule has 0 unspecified atom stereocenters. The second-order valence-electron chi connectivity index (χ2n) is 6.46. The summed E-state index contributed by atoms with van der Waals surface area (Å²) in [5, 5.41) is 13.8. The standard InChI is InChI=1S/C17H25N3O2/c1-12-6-5-7-14-13(10-19-15(12)14)8-9-18-16(21)20(4)11-17(2,3)22/h5-7,10,19,22H,8-9,11H2,1-4H3,(H,18,21). The van der Waals surface area contributed by atoms with Crippen LogP contribution in [0, 0.1) is 6.92 Å². The molecule has 1 aromatic heterocycles. The van der Waals surface area contributed by atoms with E-state index < -0.39 is 5.60 Å². The fraction of sp³-hybridized carbons (Fsp3) is 0.471. The van der Waals surface area contributed by atoms with Gasteiger partial charge in [0.15, 0.2) is 0 Å². The molecule has 1 aromatic carbocycles. The van der Waals surface area contributed by atoms with Crippen LogP contribution in [0.2, 0.25) is 0 Å². The van der Waals surface area contributed by atoms with E-state index in [2.05, 4.69) is 29.4 Å². The number of hydrogen-bond acceptors (Lipinski definition) is 2. The van der Waals surface area contributed by atoms with Gasteiger partial charge in [-0.1, -0.05) is 18.2 Å². The van der Waals surface area contributed by atoms with Crippen LogP contribution >= 0.6 is 0 Å². The molecule has 5 heteroatoms. The lowest BCUT2D eigenvalue weighted by Crippen LogP contribution is -2.45. The Kier molecular flexibility index (Phi) is 4.76. The number of aliphatic hydroxyl groups is 1. The first-order chi connectivity index (χ1) is 10.3. The largest absolute Gasteiger partial charge is 0.389 e. The number of H-pyrrole nitrogens is 1. The van der Waals surface area contributed by atoms with Crippen molar-refractivity contribution in [3.8, 4) is 0 Å². The van der Waals surface area contributed by atoms with Crippen molar-refractivity contribution in [3.05, 3.63) is 35.5 Å². The highest BCUT2D eigenvalue weighted by atomic mass is 16.3. The van der Waals surface area contributed by atoms with E-state index in [4.69, 9.17) is 0 Å². The summed E-state index contributed by atoms with van der Waals surface area (Å²) in [6.45, 7) is 6.31. The Morgan fingerprint density at radius 2 is 2.14 bits per heavy atom. The number of nitrogens with zero attached hydrogens (tertiary/aromatic N) is 1. The Morgan fingerprint density at radius 1 is 1.41 bits per heavy atom. The van der Waals surface area contributed by atoms with Crippen LogP contribution in [0.1, 0.15) is 25.0 Å². The summed E-state index contributed by atoms with van der Waals surface area (Å²) in [6.07, 6.45) is 2.77. The normalized spacial score (nSPS) is 11.7. The molecule has 0 aliphatic carbocycles. The Labute approximate surface area is 131 Å². The zero-order chi connectivity index (χ0) is 16.3. The Bertz CT molecular complexity index is 655. The molecule has 3 N–H and O–H groups in total. The summed E-state index contributed by atoms with van der Waals surface area (Å²) < 4.78 is 0. The van der Waals surface area contributed by atoms with Crippen molar-refractivity contribution in [2.45, 2.75) is 32.8 Å². The minimum Gasteiger partial charge on any atom is -0.389 e. The number of aryl methyl sites for hydroxylation is 1. The maximum atomic E-state index is 12.0. The minimum atomic E-state index is -0.888. The Balaban J connectivity index is 1.90. The van der Waals surface area contributed by atoms with Crippen LogP contribution in [0.3, 0.4) is 0 Å². The fourth-order valence-electron chi connectivity index (χ4n) is 2.66. The summed E-state index contributed by atoms with van der Waals surface area (Å²) >= 11 is 0. The number of nitrogens with one attached hydrogen (secondary N) is 2. The third kappa shape index (κ3) is 4.01. The van der Waals surface area contributed by atoms with Crippen LogP contribution in [-0.4, -0.2) is 46.8 Å². The van der Waals surface area contributed by atoms with Crippen molar-refractivity contribution < 1.29 is 9.90 Å². The highest BCUT2D eigenvalue weighted by Gasteiger charge is 2.19. The van der Waals surface area contributed by atoms with E-state index in [1.165, 1.54) is 21.4 Å². The first-order valence-electron chi connectivity index (χ1n) is 7.55. The number of fused-ring (bicyclic) bond motifs is 1. The second-order valence-corrected chi connectivity index (χ2v) is 6.46. The third-order valence-electron chi connectivity index (χ3n) is 3.65. The summed E-state index contributed by atoms with van der Waals surface area (Å²) in [7, 11) is 1.68. The van der Waals surface area contributed by atoms with Crippen LogP contribution in [0.4, 0.5) is 4.79 Å². The summed E-state index contributed by atoms with van der Waals surface area (Å²) in [4.78, 5) is 16.8. The smallest absolute Gasteiger partial charge is 0.317 e. The third-order valence-corrected chi connectivity index (χ3v) is 3.65. The molecule has 1 heterocycles. The molecule has 0 saturated carbocycles. The Hall–Kier alpha value is -2.01. The molecular formula is C17H25N3O2. The van der Waals surface area contributed by atoms with Gasteiger partial charge in [0.1, 0.15) is 0 Å². The number of urea groups is 1. The van der Waals surface area contributed by atoms with E-state index in [1.54, 1.807) is 20.9 Å². The number of para-hydroxylation sites is 1. The number of benzene rings is 1. The van der Waals surface area contributed by atoms with Crippen LogP contribution in [0.15, 0.2) is 24.4 Å². The van der Waals surface area contributed by atoms with Gasteiger partial charge in [-0.05, 0) is 38.3 Å². The van der Waals surface area contributed by atoms with Crippen LogP contribution in [0.5, 0.6) is 0 Å². The molecule has 22 heavy (non-hydrogen) atoms. The molecule has 0 spiro atoms. The van der Waals surface area contributed by atoms with E-state index in [9.17, 15) is 9.90 Å². The van der Waals surface area contributed by atoms with E-state index in [-0.39, 0.29) is 6.03 Å². The van der Waals surface area contributed by atoms with Gasteiger partial charge in [-0.15, -0.1) is 0 Å². The number of likely N-dealkylation sites (N-methyl/N-ethyl adjacent to an activating group) is 1. The van der Waals surface area contributed by atoms with Crippen LogP contribution in [-0.2, 0) is 6.42 Å². The lowest BCUT2D eigenvalue weighted by molar-refractivity contribution is 0.0532. The van der Waals surface area contributed by atoms with Gasteiger partial charge >= 0.3 is 6.03 Å². The highest BCUT2D eigenvalue weighted by Crippen LogP contribution is 2.21. The molecule has 0 aliphatic heterocycles. The predicted molar refractivity (Wildman–Crippen MR) is 89.1 cm³/mol. The lowest BCUT2D eigenvalue weighted by Gasteiger charge is -2.25. The van der Waals surface area contributed by atoms with Gasteiger partial charge in [0.2, 0.25) is 0 Å². The molecule has 2 aromatic rings. The molecular weight excluding hydrogens is 278 g/mol. The second kappa shape index (κ2) is 6.40. The van der Waals surface area contributed by atoms with Crippen molar-refractivity contribution in [2.24, 2.45) is 0 Å². The number of hydrogen-bond donors (Lipinski definition) is 3. The van der Waals surface area contributed by atoms with Gasteiger partial charge in [-0.3, -0.25) is 0 Å². The van der Waals surface area contributed by atoms with E-state index in [1.807, 2.05) is 12.3 Å². The van der Waals surface area contributed by atoms with Gasteiger partial charge in [0.25, 0.3) is 0 Å². The van der Waals surface area contributed by atoms with Gasteiger partial charge in [-0.2, -0.15) is 0 Å². The van der Waals surface area contributed by atoms with Crippen molar-refractivity contribution >= 4 is 16.9 Å². The first kappa shape index (κ1) is 16.4. The molecule has 0 atom stereocenters. The van der Waals surface area contributed by atoms with Crippen molar-refractivity contribution in [1.82, 2.24) is 15.2 Å². The zero-order valence-electron chi connectivity index (χ0n) is 13.7. The highest BCUT2D eigenvalue weighted by molar-refractivity contribution is 5.85. The zero-order valence-corrected chi connectivity index (χ0v) is 13.7. The topological polar surface area (TPSA) is 68.4 Å². The summed E-state index contributed by atoms with van der Waals surface area (Å²) in [5.41, 5.74) is 2.69. The van der Waals surface area contributed by atoms with E-state index in [0.717, 1.165) is 11.9 Å². The number of amides is 2. The number of aromatic amines is 1. The van der Waals surface area contributed by atoms with Crippen LogP contribution in [0.25, 0.3) is 10.9 Å². The number of carbonyl (C=O) groups excluding carboxylic acids is 1. The van der Waals surface area contributed by atoms with E-state index >= 15 is 0 Å². The minimum absolute atomic E-state index is 0.168.